The molecule has 0 spiro atoms. The fourth-order valence-electron chi connectivity index (χ4n) is 4.42. The van der Waals surface area contributed by atoms with Crippen molar-refractivity contribution >= 4 is 40.3 Å². The summed E-state index contributed by atoms with van der Waals surface area (Å²) in [6.45, 7) is -0.290. The van der Waals surface area contributed by atoms with Gasteiger partial charge in [0.25, 0.3) is 5.91 Å². The number of hydrogen-bond acceptors (Lipinski definition) is 4. The molecule has 2 fully saturated rings. The summed E-state index contributed by atoms with van der Waals surface area (Å²) >= 11 is 6.08. The fraction of sp³-hybridized carbons (Fsp3) is 0.476. The van der Waals surface area contributed by atoms with E-state index in [0.717, 1.165) is 0 Å². The first-order valence-electron chi connectivity index (χ1n) is 10.0. The summed E-state index contributed by atoms with van der Waals surface area (Å²) in [4.78, 5) is 39.5. The van der Waals surface area contributed by atoms with Crippen molar-refractivity contribution in [1.29, 1.82) is 0 Å². The van der Waals surface area contributed by atoms with E-state index in [1.807, 2.05) is 0 Å². The number of benzene rings is 1. The number of alkyl halides is 2. The molecule has 166 valence electrons. The molecule has 3 amide bonds. The van der Waals surface area contributed by atoms with E-state index in [1.165, 1.54) is 30.3 Å². The van der Waals surface area contributed by atoms with E-state index in [-0.39, 0.29) is 18.7 Å². The van der Waals surface area contributed by atoms with Gasteiger partial charge in [-0.15, -0.1) is 0 Å². The van der Waals surface area contributed by atoms with Gasteiger partial charge in [0, 0.05) is 25.5 Å². The topological polar surface area (TPSA) is 91.7 Å². The van der Waals surface area contributed by atoms with Crippen LogP contribution >= 0.6 is 11.6 Å². The van der Waals surface area contributed by atoms with Crippen LogP contribution in [-0.4, -0.2) is 55.2 Å². The highest BCUT2D eigenvalue weighted by Crippen LogP contribution is 2.42. The summed E-state index contributed by atoms with van der Waals surface area (Å²) in [6, 6.07) is 3.69. The van der Waals surface area contributed by atoms with Gasteiger partial charge in [0.15, 0.2) is 5.58 Å². The number of furan rings is 1. The Morgan fingerprint density at radius 1 is 1.19 bits per heavy atom. The molecule has 0 bridgehead atoms. The lowest BCUT2D eigenvalue weighted by Gasteiger charge is -2.39. The number of hydrogen-bond donors (Lipinski definition) is 2. The van der Waals surface area contributed by atoms with Gasteiger partial charge < -0.3 is 20.0 Å². The Balaban J connectivity index is 1.55. The molecule has 1 saturated carbocycles. The summed E-state index contributed by atoms with van der Waals surface area (Å²) in [6.07, 6.45) is 0.122. The minimum atomic E-state index is -2.74. The smallest absolute Gasteiger partial charge is 0.254 e. The molecule has 2 heterocycles. The van der Waals surface area contributed by atoms with Gasteiger partial charge in [0.2, 0.25) is 18.2 Å². The molecule has 2 aromatic rings. The molecule has 7 nitrogen and oxygen atoms in total. The van der Waals surface area contributed by atoms with Crippen LogP contribution < -0.4 is 10.6 Å². The van der Waals surface area contributed by atoms with Crippen molar-refractivity contribution in [1.82, 2.24) is 15.5 Å². The standard InChI is InChI=1S/C21H22ClF2N3O4/c1-25-19(29)21(6-2-7-21)20(30)26-15-10-27(9-13(15)17(23)24)18(28)12-3-4-14(22)16-11(12)5-8-31-16/h3-5,8,13,15,17H,2,6-7,9-10H2,1H3,(H,25,29)(H,26,30)/t13-,15-/m1/s1. The summed E-state index contributed by atoms with van der Waals surface area (Å²) < 4.78 is 32.8. The van der Waals surface area contributed by atoms with E-state index < -0.39 is 41.5 Å². The summed E-state index contributed by atoms with van der Waals surface area (Å²) in [5.74, 6) is -2.66. The van der Waals surface area contributed by atoms with Crippen LogP contribution in [0.4, 0.5) is 8.78 Å². The zero-order valence-electron chi connectivity index (χ0n) is 16.8. The number of likely N-dealkylation sites (tertiary alicyclic amines) is 1. The van der Waals surface area contributed by atoms with Crippen LogP contribution in [0.15, 0.2) is 28.9 Å². The SMILES string of the molecule is CNC(=O)C1(C(=O)N[C@@H]2CN(C(=O)c3ccc(Cl)c4occc34)C[C@H]2C(F)F)CCC1. The molecule has 2 aliphatic rings. The predicted octanol–water partition coefficient (Wildman–Crippen LogP) is 2.82. The zero-order chi connectivity index (χ0) is 22.3. The number of rotatable bonds is 5. The maximum atomic E-state index is 13.8. The third-order valence-corrected chi connectivity index (χ3v) is 6.69. The lowest BCUT2D eigenvalue weighted by atomic mass is 9.67. The monoisotopic (exact) mass is 453 g/mol. The molecular formula is C21H22ClF2N3O4. The number of nitrogens with zero attached hydrogens (tertiary/aromatic N) is 1. The molecule has 2 atom stereocenters. The van der Waals surface area contributed by atoms with E-state index in [0.29, 0.717) is 35.3 Å². The number of amides is 3. The molecule has 1 aromatic carbocycles. The van der Waals surface area contributed by atoms with Crippen molar-refractivity contribution in [2.45, 2.75) is 31.7 Å². The van der Waals surface area contributed by atoms with Crippen molar-refractivity contribution in [3.05, 3.63) is 35.0 Å². The number of fused-ring (bicyclic) bond motifs is 1. The van der Waals surface area contributed by atoms with Crippen LogP contribution in [0.3, 0.4) is 0 Å². The third kappa shape index (κ3) is 3.54. The molecule has 0 unspecified atom stereocenters. The molecular weight excluding hydrogens is 432 g/mol. The van der Waals surface area contributed by atoms with Crippen LogP contribution in [-0.2, 0) is 9.59 Å². The highest BCUT2D eigenvalue weighted by molar-refractivity contribution is 6.35. The van der Waals surface area contributed by atoms with Crippen molar-refractivity contribution < 1.29 is 27.6 Å². The molecule has 10 heteroatoms. The van der Waals surface area contributed by atoms with Gasteiger partial charge in [-0.25, -0.2) is 8.78 Å². The first-order chi connectivity index (χ1) is 14.8. The van der Waals surface area contributed by atoms with Gasteiger partial charge in [-0.2, -0.15) is 0 Å². The average Bonchev–Trinajstić information content (AvgIpc) is 3.34. The van der Waals surface area contributed by atoms with E-state index in [4.69, 9.17) is 16.0 Å². The highest BCUT2D eigenvalue weighted by Gasteiger charge is 2.52. The van der Waals surface area contributed by atoms with Crippen molar-refractivity contribution in [2.24, 2.45) is 11.3 Å². The molecule has 4 rings (SSSR count). The number of carbonyl (C=O) groups excluding carboxylic acids is 3. The van der Waals surface area contributed by atoms with Crippen molar-refractivity contribution in [3.63, 3.8) is 0 Å². The minimum absolute atomic E-state index is 0.0780. The van der Waals surface area contributed by atoms with Gasteiger partial charge in [0.1, 0.15) is 5.41 Å². The second-order valence-electron chi connectivity index (χ2n) is 8.06. The van der Waals surface area contributed by atoms with Gasteiger partial charge in [-0.3, -0.25) is 14.4 Å². The lowest BCUT2D eigenvalue weighted by molar-refractivity contribution is -0.150. The summed E-state index contributed by atoms with van der Waals surface area (Å²) in [5.41, 5.74) is -0.591. The highest BCUT2D eigenvalue weighted by atomic mass is 35.5. The molecule has 1 saturated heterocycles. The van der Waals surface area contributed by atoms with Crippen LogP contribution in [0.1, 0.15) is 29.6 Å². The Hall–Kier alpha value is -2.68. The van der Waals surface area contributed by atoms with E-state index in [9.17, 15) is 23.2 Å². The molecule has 1 aromatic heterocycles. The van der Waals surface area contributed by atoms with Crippen LogP contribution in [0.25, 0.3) is 11.0 Å². The maximum absolute atomic E-state index is 13.8. The Bertz CT molecular complexity index is 1040. The maximum Gasteiger partial charge on any atom is 0.254 e. The van der Waals surface area contributed by atoms with Crippen molar-refractivity contribution in [3.8, 4) is 0 Å². The van der Waals surface area contributed by atoms with Crippen molar-refractivity contribution in [2.75, 3.05) is 20.1 Å². The van der Waals surface area contributed by atoms with Crippen LogP contribution in [0, 0.1) is 11.3 Å². The second kappa shape index (κ2) is 8.11. The summed E-state index contributed by atoms with van der Waals surface area (Å²) in [7, 11) is 1.44. The van der Waals surface area contributed by atoms with Gasteiger partial charge in [-0.05, 0) is 31.0 Å². The normalized spacial score (nSPS) is 22.4. The molecule has 1 aliphatic heterocycles. The fourth-order valence-corrected chi connectivity index (χ4v) is 4.63. The predicted molar refractivity (Wildman–Crippen MR) is 109 cm³/mol. The van der Waals surface area contributed by atoms with Crippen LogP contribution in [0.2, 0.25) is 5.02 Å². The average molecular weight is 454 g/mol. The molecule has 0 radical (unpaired) electrons. The largest absolute Gasteiger partial charge is 0.463 e. The number of halogens is 3. The Labute approximate surface area is 182 Å². The second-order valence-corrected chi connectivity index (χ2v) is 8.47. The van der Waals surface area contributed by atoms with Gasteiger partial charge >= 0.3 is 0 Å². The lowest BCUT2D eigenvalue weighted by Crippen LogP contribution is -2.58. The molecule has 1 aliphatic carbocycles. The molecule has 31 heavy (non-hydrogen) atoms. The molecule has 2 N–H and O–H groups in total. The first-order valence-corrected chi connectivity index (χ1v) is 10.4. The number of nitrogens with one attached hydrogen (secondary N) is 2. The van der Waals surface area contributed by atoms with Gasteiger partial charge in [-0.1, -0.05) is 18.0 Å². The third-order valence-electron chi connectivity index (χ3n) is 6.39. The Morgan fingerprint density at radius 3 is 2.55 bits per heavy atom. The van der Waals surface area contributed by atoms with Gasteiger partial charge in [0.05, 0.1) is 28.8 Å². The van der Waals surface area contributed by atoms with E-state index >= 15 is 0 Å². The van der Waals surface area contributed by atoms with E-state index in [1.54, 1.807) is 6.07 Å². The first kappa shape index (κ1) is 21.5. The Morgan fingerprint density at radius 2 is 1.94 bits per heavy atom. The number of carbonyl (C=O) groups is 3. The van der Waals surface area contributed by atoms with Crippen LogP contribution in [0.5, 0.6) is 0 Å². The summed E-state index contributed by atoms with van der Waals surface area (Å²) in [5, 5.41) is 5.95. The quantitative estimate of drug-likeness (QED) is 0.681. The van der Waals surface area contributed by atoms with E-state index in [2.05, 4.69) is 10.6 Å². The zero-order valence-corrected chi connectivity index (χ0v) is 17.5. The Kier molecular flexibility index (Phi) is 5.63. The minimum Gasteiger partial charge on any atom is -0.463 e.